The monoisotopic (exact) mass is 614 g/mol. The fourth-order valence-corrected chi connectivity index (χ4v) is 5.72. The molecule has 0 radical (unpaired) electrons. The molecule has 0 bridgehead atoms. The Hall–Kier alpha value is -4.19. The number of hydrogen-bond donors (Lipinski definition) is 0. The van der Waals surface area contributed by atoms with Crippen molar-refractivity contribution in [1.82, 2.24) is 0 Å². The first-order chi connectivity index (χ1) is 20.8. The van der Waals surface area contributed by atoms with E-state index in [1.165, 1.54) is 71.8 Å². The second-order valence-electron chi connectivity index (χ2n) is 10.3. The van der Waals surface area contributed by atoms with Gasteiger partial charge in [-0.05, 0) is 32.7 Å². The molecule has 0 atom stereocenters. The third-order valence-corrected chi connectivity index (χ3v) is 8.72. The molecule has 0 aliphatic rings. The number of fused-ring (bicyclic) bond motifs is 4. The molecular formula is C41H32Zr. The van der Waals surface area contributed by atoms with Crippen molar-refractivity contribution in [1.29, 1.82) is 0 Å². The van der Waals surface area contributed by atoms with Crippen LogP contribution >= 0.6 is 0 Å². The van der Waals surface area contributed by atoms with Gasteiger partial charge in [-0.2, -0.15) is 24.3 Å². The Morgan fingerprint density at radius 1 is 0.452 bits per heavy atom. The van der Waals surface area contributed by atoms with Gasteiger partial charge in [0.1, 0.15) is 0 Å². The summed E-state index contributed by atoms with van der Waals surface area (Å²) in [6.45, 7) is 2.15. The van der Waals surface area contributed by atoms with E-state index in [0.717, 1.165) is 0 Å². The molecule has 0 unspecified atom stereocenters. The molecule has 8 aromatic rings. The van der Waals surface area contributed by atoms with E-state index in [2.05, 4.69) is 168 Å². The molecule has 0 aliphatic heterocycles. The van der Waals surface area contributed by atoms with Gasteiger partial charge in [-0.3, -0.25) is 0 Å². The summed E-state index contributed by atoms with van der Waals surface area (Å²) in [7, 11) is 0. The van der Waals surface area contributed by atoms with Crippen LogP contribution in [0.2, 0.25) is 0 Å². The summed E-state index contributed by atoms with van der Waals surface area (Å²) in [6, 6.07) is 56.2. The Kier molecular flexibility index (Phi) is 8.78. The molecule has 8 rings (SSSR count). The summed E-state index contributed by atoms with van der Waals surface area (Å²) in [6.07, 6.45) is 1.23. The maximum atomic E-state index is 2.22. The van der Waals surface area contributed by atoms with Crippen LogP contribution in [-0.2, 0) is 24.2 Å². The summed E-state index contributed by atoms with van der Waals surface area (Å²) in [5.74, 6) is 0. The predicted octanol–water partition coefficient (Wildman–Crippen LogP) is 11.5. The quantitative estimate of drug-likeness (QED) is 0.173. The van der Waals surface area contributed by atoms with Gasteiger partial charge in [0, 0.05) is 0 Å². The molecular weight excluding hydrogens is 584 g/mol. The van der Waals surface area contributed by atoms with E-state index in [1.807, 2.05) is 0 Å². The van der Waals surface area contributed by atoms with Crippen LogP contribution in [0.3, 0.4) is 0 Å². The van der Waals surface area contributed by atoms with Gasteiger partial charge in [-0.1, -0.05) is 108 Å². The van der Waals surface area contributed by atoms with E-state index >= 15 is 0 Å². The Bertz CT molecular complexity index is 1940. The molecule has 200 valence electrons. The van der Waals surface area contributed by atoms with Crippen LogP contribution in [0.4, 0.5) is 0 Å². The molecule has 0 nitrogen and oxygen atoms in total. The fraction of sp³-hybridized carbons (Fsp3) is 0.0488. The molecule has 1 heteroatoms. The molecule has 0 amide bonds. The Labute approximate surface area is 262 Å². The van der Waals surface area contributed by atoms with Gasteiger partial charge in [-0.15, -0.1) is 57.9 Å². The van der Waals surface area contributed by atoms with E-state index in [1.54, 1.807) is 24.2 Å². The number of hydrogen-bond acceptors (Lipinski definition) is 0. The van der Waals surface area contributed by atoms with Crippen molar-refractivity contribution >= 4 is 46.8 Å². The largest absolute Gasteiger partial charge is 0.168 e. The maximum absolute atomic E-state index is 2.22. The zero-order valence-corrected chi connectivity index (χ0v) is 26.3. The van der Waals surface area contributed by atoms with Crippen molar-refractivity contribution < 1.29 is 24.2 Å². The molecule has 0 fully saturated rings. The van der Waals surface area contributed by atoms with Crippen LogP contribution in [0, 0.1) is 0 Å². The van der Waals surface area contributed by atoms with E-state index in [9.17, 15) is 0 Å². The van der Waals surface area contributed by atoms with Gasteiger partial charge in [0.15, 0.2) is 0 Å². The van der Waals surface area contributed by atoms with Gasteiger partial charge < -0.3 is 0 Å². The molecule has 0 saturated carbocycles. The zero-order chi connectivity index (χ0) is 28.7. The minimum absolute atomic E-state index is 1.23. The second kappa shape index (κ2) is 13.2. The molecule has 0 aromatic heterocycles. The summed E-state index contributed by atoms with van der Waals surface area (Å²) in [4.78, 5) is 0. The van der Waals surface area contributed by atoms with E-state index < -0.39 is 0 Å². The van der Waals surface area contributed by atoms with Gasteiger partial charge >= 0.3 is 41.3 Å². The Morgan fingerprint density at radius 3 is 1.24 bits per heavy atom. The first kappa shape index (κ1) is 28.0. The van der Waals surface area contributed by atoms with Gasteiger partial charge in [-0.25, -0.2) is 0 Å². The summed E-state index contributed by atoms with van der Waals surface area (Å²) in [5, 5.41) is 10.5. The average Bonchev–Trinajstić information content (AvgIpc) is 3.75. The van der Waals surface area contributed by atoms with Crippen LogP contribution in [0.25, 0.3) is 65.3 Å². The maximum Gasteiger partial charge on any atom is -0.0114 e. The molecule has 0 spiro atoms. The van der Waals surface area contributed by atoms with Gasteiger partial charge in [0.2, 0.25) is 0 Å². The topological polar surface area (TPSA) is 0 Å². The zero-order valence-electron chi connectivity index (χ0n) is 23.8. The molecule has 42 heavy (non-hydrogen) atoms. The molecule has 0 aliphatic carbocycles. The summed E-state index contributed by atoms with van der Waals surface area (Å²) >= 11 is 1.54. The van der Waals surface area contributed by atoms with E-state index in [-0.39, 0.29) is 0 Å². The van der Waals surface area contributed by atoms with Crippen LogP contribution < -0.4 is 0 Å². The predicted molar refractivity (Wildman–Crippen MR) is 181 cm³/mol. The third-order valence-electron chi connectivity index (χ3n) is 7.72. The smallest absolute Gasteiger partial charge is 0.0114 e. The SMILES string of the molecule is CC[CH]=[Zr+2].c1ccc2c(-c3cccc4[cH-]ccc34)cccc2c1.c1ccc2c(-c3cccc4[cH-]ccc34)cccc2c1. The van der Waals surface area contributed by atoms with Crippen LogP contribution in [0.5, 0.6) is 0 Å². The first-order valence-electron chi connectivity index (χ1n) is 14.5. The fourth-order valence-electron chi connectivity index (χ4n) is 5.72. The average molecular weight is 616 g/mol. The summed E-state index contributed by atoms with van der Waals surface area (Å²) < 4.78 is 2.22. The number of benzene rings is 6. The third kappa shape index (κ3) is 5.76. The molecule has 0 N–H and O–H groups in total. The Balaban J connectivity index is 0.000000134. The first-order valence-corrected chi connectivity index (χ1v) is 15.9. The van der Waals surface area contributed by atoms with Crippen LogP contribution in [0.15, 0.2) is 158 Å². The minimum Gasteiger partial charge on any atom is -0.168 e. The minimum atomic E-state index is 1.23. The van der Waals surface area contributed by atoms with Crippen LogP contribution in [0.1, 0.15) is 13.3 Å². The second-order valence-corrected chi connectivity index (χ2v) is 11.3. The van der Waals surface area contributed by atoms with Crippen molar-refractivity contribution in [2.75, 3.05) is 0 Å². The summed E-state index contributed by atoms with van der Waals surface area (Å²) in [5.41, 5.74) is 5.27. The van der Waals surface area contributed by atoms with Crippen molar-refractivity contribution in [3.63, 3.8) is 0 Å². The van der Waals surface area contributed by atoms with Crippen LogP contribution in [-0.4, -0.2) is 3.71 Å². The standard InChI is InChI=1S/2C19H13.C3H6.Zr/c2*1-2-10-16-14(6-1)8-4-12-18(16)19-13-5-9-15-7-3-11-17(15)19;1-3-2;/h2*1-13H;1H,3H2,2H3;/q2*-1;;+2. The molecule has 0 saturated heterocycles. The number of rotatable bonds is 3. The van der Waals surface area contributed by atoms with Gasteiger partial charge in [0.25, 0.3) is 0 Å². The van der Waals surface area contributed by atoms with E-state index in [4.69, 9.17) is 0 Å². The van der Waals surface area contributed by atoms with E-state index in [0.29, 0.717) is 0 Å². The molecule has 0 heterocycles. The van der Waals surface area contributed by atoms with Crippen molar-refractivity contribution in [3.8, 4) is 22.3 Å². The molecule has 8 aromatic carbocycles. The normalized spacial score (nSPS) is 10.7. The van der Waals surface area contributed by atoms with Crippen molar-refractivity contribution in [2.24, 2.45) is 0 Å². The van der Waals surface area contributed by atoms with Crippen molar-refractivity contribution in [3.05, 3.63) is 158 Å². The van der Waals surface area contributed by atoms with Gasteiger partial charge in [0.05, 0.1) is 0 Å². The Morgan fingerprint density at radius 2 is 0.810 bits per heavy atom. The van der Waals surface area contributed by atoms with Crippen molar-refractivity contribution in [2.45, 2.75) is 13.3 Å².